The van der Waals surface area contributed by atoms with Gasteiger partial charge in [0.2, 0.25) is 0 Å². The van der Waals surface area contributed by atoms with Gasteiger partial charge in [0.15, 0.2) is 16.6 Å². The Bertz CT molecular complexity index is 712. The Morgan fingerprint density at radius 3 is 2.48 bits per heavy atom. The monoisotopic (exact) mass is 370 g/mol. The lowest BCUT2D eigenvalue weighted by molar-refractivity contribution is -0.0512. The molecule has 2 rings (SSSR count). The average molecular weight is 370 g/mol. The Morgan fingerprint density at radius 2 is 1.84 bits per heavy atom. The average Bonchev–Trinajstić information content (AvgIpc) is 2.57. The van der Waals surface area contributed by atoms with Gasteiger partial charge < -0.3 is 20.1 Å². The van der Waals surface area contributed by atoms with Crippen LogP contribution in [-0.2, 0) is 6.42 Å². The molecule has 0 saturated heterocycles. The summed E-state index contributed by atoms with van der Waals surface area (Å²) in [5.74, 6) is -0.0924. The quantitative estimate of drug-likeness (QED) is 0.722. The van der Waals surface area contributed by atoms with Crippen molar-refractivity contribution in [2.24, 2.45) is 0 Å². The number of methoxy groups -OCH3 is 1. The van der Waals surface area contributed by atoms with Crippen LogP contribution in [-0.4, -0.2) is 25.4 Å². The largest absolute Gasteiger partial charge is 0.493 e. The van der Waals surface area contributed by atoms with Gasteiger partial charge in [-0.05, 0) is 60.6 Å². The molecule has 0 heterocycles. The molecule has 134 valence electrons. The second-order valence-electron chi connectivity index (χ2n) is 5.00. The molecule has 2 aromatic rings. The summed E-state index contributed by atoms with van der Waals surface area (Å²) < 4.78 is 46.9. The molecular formula is C17H17F3N2O2S. The van der Waals surface area contributed by atoms with Gasteiger partial charge in [0.05, 0.1) is 7.11 Å². The minimum Gasteiger partial charge on any atom is -0.493 e. The Hall–Kier alpha value is -2.48. The zero-order valence-corrected chi connectivity index (χ0v) is 14.2. The highest BCUT2D eigenvalue weighted by Crippen LogP contribution is 2.29. The smallest absolute Gasteiger partial charge is 0.387 e. The van der Waals surface area contributed by atoms with Crippen LogP contribution >= 0.6 is 12.2 Å². The van der Waals surface area contributed by atoms with E-state index in [1.54, 1.807) is 24.3 Å². The summed E-state index contributed by atoms with van der Waals surface area (Å²) in [7, 11) is 1.39. The van der Waals surface area contributed by atoms with Crippen molar-refractivity contribution in [3.8, 4) is 11.5 Å². The number of anilines is 1. The van der Waals surface area contributed by atoms with Crippen molar-refractivity contribution < 1.29 is 22.6 Å². The molecule has 0 aliphatic carbocycles. The van der Waals surface area contributed by atoms with E-state index in [9.17, 15) is 13.2 Å². The van der Waals surface area contributed by atoms with Gasteiger partial charge in [0.1, 0.15) is 5.82 Å². The Kier molecular flexibility index (Phi) is 6.88. The van der Waals surface area contributed by atoms with E-state index >= 15 is 0 Å². The van der Waals surface area contributed by atoms with Crippen LogP contribution in [0.1, 0.15) is 5.56 Å². The molecule has 0 spiro atoms. The first-order valence-electron chi connectivity index (χ1n) is 7.40. The molecule has 0 radical (unpaired) electrons. The van der Waals surface area contributed by atoms with E-state index in [-0.39, 0.29) is 17.3 Å². The summed E-state index contributed by atoms with van der Waals surface area (Å²) in [6, 6.07) is 10.6. The molecule has 0 aromatic heterocycles. The zero-order chi connectivity index (χ0) is 18.2. The molecule has 0 saturated carbocycles. The molecule has 0 unspecified atom stereocenters. The van der Waals surface area contributed by atoms with Crippen LogP contribution in [0.15, 0.2) is 42.5 Å². The van der Waals surface area contributed by atoms with Crippen LogP contribution < -0.4 is 20.1 Å². The minimum absolute atomic E-state index is 0.0114. The van der Waals surface area contributed by atoms with Crippen LogP contribution in [0, 0.1) is 5.82 Å². The van der Waals surface area contributed by atoms with Crippen molar-refractivity contribution in [1.82, 2.24) is 5.32 Å². The van der Waals surface area contributed by atoms with Gasteiger partial charge in [-0.25, -0.2) is 4.39 Å². The summed E-state index contributed by atoms with van der Waals surface area (Å²) >= 11 is 5.16. The first kappa shape index (κ1) is 18.9. The van der Waals surface area contributed by atoms with Crippen LogP contribution in [0.2, 0.25) is 0 Å². The highest BCUT2D eigenvalue weighted by Gasteiger charge is 2.11. The fourth-order valence-corrected chi connectivity index (χ4v) is 2.31. The van der Waals surface area contributed by atoms with Crippen LogP contribution in [0.25, 0.3) is 0 Å². The van der Waals surface area contributed by atoms with E-state index in [0.29, 0.717) is 23.8 Å². The van der Waals surface area contributed by atoms with Crippen molar-refractivity contribution in [1.29, 1.82) is 0 Å². The van der Waals surface area contributed by atoms with E-state index in [2.05, 4.69) is 15.4 Å². The van der Waals surface area contributed by atoms with E-state index in [0.717, 1.165) is 5.56 Å². The number of nitrogens with one attached hydrogen (secondary N) is 2. The molecule has 0 amide bonds. The number of rotatable bonds is 7. The second-order valence-corrected chi connectivity index (χ2v) is 5.41. The van der Waals surface area contributed by atoms with Crippen molar-refractivity contribution in [3.05, 3.63) is 53.8 Å². The molecular weight excluding hydrogens is 353 g/mol. The van der Waals surface area contributed by atoms with Gasteiger partial charge in [0, 0.05) is 12.2 Å². The molecule has 0 fully saturated rings. The third-order valence-electron chi connectivity index (χ3n) is 3.25. The first-order chi connectivity index (χ1) is 12.0. The summed E-state index contributed by atoms with van der Waals surface area (Å²) in [6.45, 7) is -2.39. The summed E-state index contributed by atoms with van der Waals surface area (Å²) in [5, 5.41) is 6.35. The lowest BCUT2D eigenvalue weighted by Gasteiger charge is -2.13. The van der Waals surface area contributed by atoms with Crippen molar-refractivity contribution in [2.75, 3.05) is 19.0 Å². The number of halogens is 3. The maximum Gasteiger partial charge on any atom is 0.387 e. The molecule has 2 N–H and O–H groups in total. The van der Waals surface area contributed by atoms with Crippen molar-refractivity contribution >= 4 is 23.0 Å². The fourth-order valence-electron chi connectivity index (χ4n) is 2.09. The highest BCUT2D eigenvalue weighted by molar-refractivity contribution is 7.80. The van der Waals surface area contributed by atoms with Crippen LogP contribution in [0.5, 0.6) is 11.5 Å². The third kappa shape index (κ3) is 6.15. The predicted molar refractivity (Wildman–Crippen MR) is 94.0 cm³/mol. The summed E-state index contributed by atoms with van der Waals surface area (Å²) in [5.41, 5.74) is 1.55. The fraction of sp³-hybridized carbons (Fsp3) is 0.235. The maximum atomic E-state index is 12.8. The molecule has 0 bridgehead atoms. The first-order valence-corrected chi connectivity index (χ1v) is 7.81. The third-order valence-corrected chi connectivity index (χ3v) is 3.49. The van der Waals surface area contributed by atoms with Gasteiger partial charge in [-0.2, -0.15) is 8.78 Å². The standard InChI is InChI=1S/C17H17F3N2O2S/c1-23-15-10-11(2-7-14(15)24-16(19)20)8-9-21-17(25)22-13-5-3-12(18)4-6-13/h2-7,10,16H,8-9H2,1H3,(H2,21,22,25). The van der Waals surface area contributed by atoms with Crippen LogP contribution in [0.3, 0.4) is 0 Å². The summed E-state index contributed by atoms with van der Waals surface area (Å²) in [6.07, 6.45) is 0.594. The number of ether oxygens (including phenoxy) is 2. The van der Waals surface area contributed by atoms with Crippen molar-refractivity contribution in [2.45, 2.75) is 13.0 Å². The molecule has 25 heavy (non-hydrogen) atoms. The zero-order valence-electron chi connectivity index (χ0n) is 13.4. The molecule has 0 aliphatic heterocycles. The van der Waals surface area contributed by atoms with Gasteiger partial charge in [-0.3, -0.25) is 0 Å². The van der Waals surface area contributed by atoms with E-state index in [1.165, 1.54) is 25.3 Å². The number of benzene rings is 2. The van der Waals surface area contributed by atoms with Gasteiger partial charge in [0.25, 0.3) is 0 Å². The van der Waals surface area contributed by atoms with Crippen LogP contribution in [0.4, 0.5) is 18.9 Å². The van der Waals surface area contributed by atoms with Gasteiger partial charge >= 0.3 is 6.61 Å². The Labute approximate surface area is 148 Å². The van der Waals surface area contributed by atoms with Gasteiger partial charge in [-0.1, -0.05) is 6.07 Å². The van der Waals surface area contributed by atoms with Gasteiger partial charge in [-0.15, -0.1) is 0 Å². The predicted octanol–water partition coefficient (Wildman–Crippen LogP) is 3.96. The molecule has 8 heteroatoms. The lowest BCUT2D eigenvalue weighted by atomic mass is 10.1. The van der Waals surface area contributed by atoms with E-state index < -0.39 is 6.61 Å². The van der Waals surface area contributed by atoms with E-state index in [1.807, 2.05) is 0 Å². The lowest BCUT2D eigenvalue weighted by Crippen LogP contribution is -2.30. The Balaban J connectivity index is 1.84. The highest BCUT2D eigenvalue weighted by atomic mass is 32.1. The molecule has 2 aromatic carbocycles. The number of alkyl halides is 2. The Morgan fingerprint density at radius 1 is 1.12 bits per heavy atom. The SMILES string of the molecule is COc1cc(CCNC(=S)Nc2ccc(F)cc2)ccc1OC(F)F. The normalized spacial score (nSPS) is 10.4. The van der Waals surface area contributed by atoms with Crippen molar-refractivity contribution in [3.63, 3.8) is 0 Å². The maximum absolute atomic E-state index is 12.8. The molecule has 0 aliphatic rings. The molecule has 0 atom stereocenters. The number of hydrogen-bond acceptors (Lipinski definition) is 3. The second kappa shape index (κ2) is 9.12. The molecule has 4 nitrogen and oxygen atoms in total. The topological polar surface area (TPSA) is 42.5 Å². The summed E-state index contributed by atoms with van der Waals surface area (Å²) in [4.78, 5) is 0. The minimum atomic E-state index is -2.91. The van der Waals surface area contributed by atoms with E-state index in [4.69, 9.17) is 17.0 Å². The number of hydrogen-bond donors (Lipinski definition) is 2. The number of thiocarbonyl (C=S) groups is 1.